The minimum absolute atomic E-state index is 0.0599. The van der Waals surface area contributed by atoms with E-state index in [1.54, 1.807) is 0 Å². The zero-order valence-electron chi connectivity index (χ0n) is 11.0. The number of sulfone groups is 1. The van der Waals surface area contributed by atoms with E-state index in [0.29, 0.717) is 0 Å². The molecule has 1 rings (SSSR count). The lowest BCUT2D eigenvalue weighted by Crippen LogP contribution is -2.27. The molecule has 9 heteroatoms. The molecule has 1 aromatic rings. The van der Waals surface area contributed by atoms with E-state index in [1.165, 1.54) is 7.05 Å². The predicted octanol–water partition coefficient (Wildman–Crippen LogP) is 0.540. The zero-order valence-corrected chi connectivity index (χ0v) is 11.8. The first-order chi connectivity index (χ1) is 9.15. The van der Waals surface area contributed by atoms with Crippen molar-refractivity contribution in [3.8, 4) is 0 Å². The van der Waals surface area contributed by atoms with Crippen molar-refractivity contribution in [1.29, 1.82) is 0 Å². The van der Waals surface area contributed by atoms with Gasteiger partial charge in [-0.3, -0.25) is 0 Å². The minimum atomic E-state index is -3.24. The van der Waals surface area contributed by atoms with Crippen molar-refractivity contribution < 1.29 is 22.4 Å². The Hall–Kier alpha value is -1.90. The maximum Gasteiger partial charge on any atom is 0.170 e. The molecule has 20 heavy (non-hydrogen) atoms. The van der Waals surface area contributed by atoms with E-state index in [-0.39, 0.29) is 23.5 Å². The van der Waals surface area contributed by atoms with Crippen molar-refractivity contribution in [2.75, 3.05) is 30.5 Å². The molecule has 0 aliphatic carbocycles. The molecule has 0 aliphatic heterocycles. The number of amidine groups is 1. The Balaban J connectivity index is 3.08. The van der Waals surface area contributed by atoms with Crippen LogP contribution in [0.4, 0.5) is 14.5 Å². The van der Waals surface area contributed by atoms with Gasteiger partial charge in [-0.2, -0.15) is 0 Å². The van der Waals surface area contributed by atoms with Crippen LogP contribution in [0.15, 0.2) is 17.3 Å². The summed E-state index contributed by atoms with van der Waals surface area (Å²) in [7, 11) is -1.87. The summed E-state index contributed by atoms with van der Waals surface area (Å²) in [6, 6.07) is 1.81. The highest BCUT2D eigenvalue weighted by atomic mass is 32.2. The number of benzene rings is 1. The van der Waals surface area contributed by atoms with Gasteiger partial charge in [-0.15, -0.1) is 0 Å². The van der Waals surface area contributed by atoms with Crippen LogP contribution in [0.1, 0.15) is 5.56 Å². The Morgan fingerprint density at radius 1 is 1.40 bits per heavy atom. The molecule has 0 heterocycles. The van der Waals surface area contributed by atoms with Crippen LogP contribution >= 0.6 is 0 Å². The summed E-state index contributed by atoms with van der Waals surface area (Å²) in [5.41, 5.74) is 4.77. The van der Waals surface area contributed by atoms with Gasteiger partial charge in [-0.25, -0.2) is 17.2 Å². The molecule has 0 saturated carbocycles. The lowest BCUT2D eigenvalue weighted by atomic mass is 10.1. The van der Waals surface area contributed by atoms with E-state index in [2.05, 4.69) is 5.16 Å². The van der Waals surface area contributed by atoms with Gasteiger partial charge in [0.2, 0.25) is 0 Å². The van der Waals surface area contributed by atoms with Crippen molar-refractivity contribution in [2.45, 2.75) is 0 Å². The van der Waals surface area contributed by atoms with Crippen LogP contribution < -0.4 is 10.6 Å². The number of oxime groups is 1. The molecule has 0 saturated heterocycles. The van der Waals surface area contributed by atoms with Crippen molar-refractivity contribution in [2.24, 2.45) is 10.9 Å². The van der Waals surface area contributed by atoms with E-state index in [1.807, 2.05) is 0 Å². The third-order valence-electron chi connectivity index (χ3n) is 2.60. The fraction of sp³-hybridized carbons (Fsp3) is 0.364. The maximum absolute atomic E-state index is 13.9. The number of halogens is 2. The fourth-order valence-corrected chi connectivity index (χ4v) is 2.16. The fourth-order valence-electron chi connectivity index (χ4n) is 1.55. The van der Waals surface area contributed by atoms with E-state index < -0.39 is 27.3 Å². The van der Waals surface area contributed by atoms with Gasteiger partial charge in [0.05, 0.1) is 5.75 Å². The van der Waals surface area contributed by atoms with Gasteiger partial charge in [0.25, 0.3) is 0 Å². The van der Waals surface area contributed by atoms with Crippen LogP contribution in [-0.4, -0.2) is 45.1 Å². The molecule has 0 unspecified atom stereocenters. The molecule has 0 aliphatic rings. The third-order valence-corrected chi connectivity index (χ3v) is 3.52. The van der Waals surface area contributed by atoms with E-state index in [9.17, 15) is 17.2 Å². The first kappa shape index (κ1) is 16.2. The standard InChI is InChI=1S/C11H15F2N3O3S/c1-16(3-4-20(2,18)19)10-8(12)5-7(6-9(10)13)11(14)15-17/h5-6,17H,3-4H2,1-2H3,(H2,14,15). The quantitative estimate of drug-likeness (QED) is 0.358. The second-order valence-corrected chi connectivity index (χ2v) is 6.58. The molecule has 1 aromatic carbocycles. The summed E-state index contributed by atoms with van der Waals surface area (Å²) >= 11 is 0. The molecular formula is C11H15F2N3O3S. The molecule has 3 N–H and O–H groups in total. The van der Waals surface area contributed by atoms with Crippen LogP contribution in [0.3, 0.4) is 0 Å². The van der Waals surface area contributed by atoms with Crippen LogP contribution in [0.2, 0.25) is 0 Å². The molecule has 0 atom stereocenters. The second kappa shape index (κ2) is 6.04. The van der Waals surface area contributed by atoms with Gasteiger partial charge in [-0.1, -0.05) is 5.16 Å². The number of rotatable bonds is 5. The van der Waals surface area contributed by atoms with Gasteiger partial charge in [0.15, 0.2) is 5.84 Å². The van der Waals surface area contributed by atoms with Crippen LogP contribution in [0, 0.1) is 11.6 Å². The van der Waals surface area contributed by atoms with Gasteiger partial charge in [0.1, 0.15) is 27.2 Å². The smallest absolute Gasteiger partial charge is 0.170 e. The third kappa shape index (κ3) is 4.05. The normalized spacial score (nSPS) is 12.5. The number of anilines is 1. The molecule has 0 amide bonds. The van der Waals surface area contributed by atoms with Gasteiger partial charge in [0, 0.05) is 25.4 Å². The molecule has 0 spiro atoms. The second-order valence-electron chi connectivity index (χ2n) is 4.33. The highest BCUT2D eigenvalue weighted by molar-refractivity contribution is 7.90. The van der Waals surface area contributed by atoms with Crippen molar-refractivity contribution in [3.63, 3.8) is 0 Å². The average Bonchev–Trinajstić information content (AvgIpc) is 2.33. The maximum atomic E-state index is 13.9. The number of nitrogens with zero attached hydrogens (tertiary/aromatic N) is 2. The van der Waals surface area contributed by atoms with Gasteiger partial charge in [-0.05, 0) is 12.1 Å². The van der Waals surface area contributed by atoms with E-state index in [4.69, 9.17) is 10.9 Å². The lowest BCUT2D eigenvalue weighted by Gasteiger charge is -2.20. The molecule has 112 valence electrons. The minimum Gasteiger partial charge on any atom is -0.409 e. The average molecular weight is 307 g/mol. The summed E-state index contributed by atoms with van der Waals surface area (Å²) in [6.07, 6.45) is 1.04. The van der Waals surface area contributed by atoms with Gasteiger partial charge < -0.3 is 15.8 Å². The zero-order chi connectivity index (χ0) is 15.5. The van der Waals surface area contributed by atoms with Crippen molar-refractivity contribution in [1.82, 2.24) is 0 Å². The molecule has 0 fully saturated rings. The molecule has 0 radical (unpaired) electrons. The summed E-state index contributed by atoms with van der Waals surface area (Å²) in [5, 5.41) is 11.1. The first-order valence-electron chi connectivity index (χ1n) is 5.51. The number of nitrogens with two attached hydrogens (primary N) is 1. The number of hydrogen-bond donors (Lipinski definition) is 2. The monoisotopic (exact) mass is 307 g/mol. The number of hydrogen-bond acceptors (Lipinski definition) is 5. The lowest BCUT2D eigenvalue weighted by molar-refractivity contribution is 0.318. The van der Waals surface area contributed by atoms with E-state index in [0.717, 1.165) is 23.3 Å². The first-order valence-corrected chi connectivity index (χ1v) is 7.57. The van der Waals surface area contributed by atoms with Crippen LogP contribution in [0.25, 0.3) is 0 Å². The highest BCUT2D eigenvalue weighted by Crippen LogP contribution is 2.24. The molecular weight excluding hydrogens is 292 g/mol. The van der Waals surface area contributed by atoms with Crippen LogP contribution in [0.5, 0.6) is 0 Å². The predicted molar refractivity (Wildman–Crippen MR) is 71.8 cm³/mol. The topological polar surface area (TPSA) is 96.0 Å². The Bertz CT molecular complexity index is 609. The van der Waals surface area contributed by atoms with E-state index >= 15 is 0 Å². The molecule has 6 nitrogen and oxygen atoms in total. The van der Waals surface area contributed by atoms with Gasteiger partial charge >= 0.3 is 0 Å². The Labute approximate surface area is 115 Å². The Morgan fingerprint density at radius 3 is 2.30 bits per heavy atom. The molecule has 0 aromatic heterocycles. The SMILES string of the molecule is CN(CCS(C)(=O)=O)c1c(F)cc(C(N)=NO)cc1F. The Morgan fingerprint density at radius 2 is 1.90 bits per heavy atom. The Kier molecular flexibility index (Phi) is 4.88. The summed E-state index contributed by atoms with van der Waals surface area (Å²) in [4.78, 5) is 1.15. The van der Waals surface area contributed by atoms with Crippen LogP contribution in [-0.2, 0) is 9.84 Å². The van der Waals surface area contributed by atoms with Crippen molar-refractivity contribution in [3.05, 3.63) is 29.3 Å². The summed E-state index contributed by atoms with van der Waals surface area (Å²) in [5.74, 6) is -2.51. The van der Waals surface area contributed by atoms with Crippen molar-refractivity contribution >= 4 is 21.4 Å². The molecule has 0 bridgehead atoms. The largest absolute Gasteiger partial charge is 0.409 e. The summed E-state index contributed by atoms with van der Waals surface area (Å²) < 4.78 is 49.8. The highest BCUT2D eigenvalue weighted by Gasteiger charge is 2.17. The summed E-state index contributed by atoms with van der Waals surface area (Å²) in [6.45, 7) is -0.0599.